The van der Waals surface area contributed by atoms with E-state index in [0.717, 1.165) is 13.1 Å². The van der Waals surface area contributed by atoms with E-state index in [1.165, 1.54) is 12.3 Å². The Balaban J connectivity index is 2.41. The van der Waals surface area contributed by atoms with Gasteiger partial charge in [0.05, 0.1) is 6.20 Å². The number of nitrogens with one attached hydrogen (secondary N) is 1. The van der Waals surface area contributed by atoms with Crippen LogP contribution in [0.25, 0.3) is 11.5 Å². The zero-order chi connectivity index (χ0) is 12.3. The molecule has 17 heavy (non-hydrogen) atoms. The van der Waals surface area contributed by atoms with Gasteiger partial charge in [-0.15, -0.1) is 10.2 Å². The summed E-state index contributed by atoms with van der Waals surface area (Å²) in [5.74, 6) is 0.989. The summed E-state index contributed by atoms with van der Waals surface area (Å²) in [6.07, 6.45) is 1.18. The Bertz CT molecular complexity index is 491. The molecule has 2 aromatic rings. The second-order valence-electron chi connectivity index (χ2n) is 3.48. The Hall–Kier alpha value is -1.98. The fourth-order valence-electron chi connectivity index (χ4n) is 1.59. The average molecular weight is 235 g/mol. The molecule has 0 saturated carbocycles. The number of hydrogen-bond donors (Lipinski definition) is 1. The molecule has 0 aromatic carbocycles. The van der Waals surface area contributed by atoms with E-state index in [2.05, 4.69) is 20.5 Å². The Morgan fingerprint density at radius 1 is 1.29 bits per heavy atom. The van der Waals surface area contributed by atoms with Crippen LogP contribution in [-0.4, -0.2) is 26.3 Å². The summed E-state index contributed by atoms with van der Waals surface area (Å²) >= 11 is 0. The second-order valence-corrected chi connectivity index (χ2v) is 3.48. The van der Waals surface area contributed by atoms with E-state index in [1.807, 2.05) is 18.4 Å². The molecular formula is C11H14FN5. The summed E-state index contributed by atoms with van der Waals surface area (Å²) < 4.78 is 14.7. The van der Waals surface area contributed by atoms with E-state index in [-0.39, 0.29) is 5.82 Å². The Morgan fingerprint density at radius 2 is 2.12 bits per heavy atom. The molecule has 0 unspecified atom stereocenters. The van der Waals surface area contributed by atoms with Gasteiger partial charge < -0.3 is 5.32 Å². The lowest BCUT2D eigenvalue weighted by atomic mass is 10.3. The molecule has 0 fully saturated rings. The van der Waals surface area contributed by atoms with Gasteiger partial charge in [0, 0.05) is 13.1 Å². The minimum atomic E-state index is -0.358. The van der Waals surface area contributed by atoms with Crippen LogP contribution in [0.4, 0.5) is 10.3 Å². The topological polar surface area (TPSA) is 55.6 Å². The van der Waals surface area contributed by atoms with Crippen molar-refractivity contribution in [2.24, 2.45) is 0 Å². The van der Waals surface area contributed by atoms with E-state index in [0.29, 0.717) is 17.5 Å². The van der Waals surface area contributed by atoms with E-state index < -0.39 is 0 Å². The summed E-state index contributed by atoms with van der Waals surface area (Å²) in [6.45, 7) is 5.49. The highest BCUT2D eigenvalue weighted by molar-refractivity contribution is 5.52. The molecule has 90 valence electrons. The minimum absolute atomic E-state index is 0.358. The first-order chi connectivity index (χ1) is 8.26. The van der Waals surface area contributed by atoms with Gasteiger partial charge in [0.25, 0.3) is 0 Å². The van der Waals surface area contributed by atoms with Gasteiger partial charge in [0.15, 0.2) is 5.82 Å². The van der Waals surface area contributed by atoms with Crippen molar-refractivity contribution in [2.75, 3.05) is 11.9 Å². The van der Waals surface area contributed by atoms with Gasteiger partial charge >= 0.3 is 0 Å². The highest BCUT2D eigenvalue weighted by atomic mass is 19.1. The Kier molecular flexibility index (Phi) is 3.32. The van der Waals surface area contributed by atoms with Crippen molar-refractivity contribution in [3.05, 3.63) is 24.1 Å². The fraction of sp³-hybridized carbons (Fsp3) is 0.364. The van der Waals surface area contributed by atoms with Crippen molar-refractivity contribution >= 4 is 5.95 Å². The maximum absolute atomic E-state index is 12.8. The van der Waals surface area contributed by atoms with Gasteiger partial charge in [-0.1, -0.05) is 0 Å². The van der Waals surface area contributed by atoms with E-state index in [1.54, 1.807) is 6.07 Å². The zero-order valence-electron chi connectivity index (χ0n) is 9.81. The highest BCUT2D eigenvalue weighted by Gasteiger charge is 2.12. The van der Waals surface area contributed by atoms with Gasteiger partial charge in [-0.25, -0.2) is 9.37 Å². The molecular weight excluding hydrogens is 221 g/mol. The predicted molar refractivity (Wildman–Crippen MR) is 63.0 cm³/mol. The Labute approximate surface area is 98.7 Å². The van der Waals surface area contributed by atoms with Gasteiger partial charge in [0.2, 0.25) is 5.95 Å². The van der Waals surface area contributed by atoms with Crippen LogP contribution in [0.1, 0.15) is 13.8 Å². The summed E-state index contributed by atoms with van der Waals surface area (Å²) in [7, 11) is 0. The molecule has 0 aliphatic carbocycles. The summed E-state index contributed by atoms with van der Waals surface area (Å²) in [5.41, 5.74) is 0.616. The fourth-order valence-corrected chi connectivity index (χ4v) is 1.59. The van der Waals surface area contributed by atoms with Gasteiger partial charge in [0.1, 0.15) is 11.5 Å². The van der Waals surface area contributed by atoms with E-state index >= 15 is 0 Å². The van der Waals surface area contributed by atoms with Crippen LogP contribution in [-0.2, 0) is 6.54 Å². The van der Waals surface area contributed by atoms with Gasteiger partial charge in [-0.3, -0.25) is 4.57 Å². The predicted octanol–water partition coefficient (Wildman–Crippen LogP) is 1.93. The highest BCUT2D eigenvalue weighted by Crippen LogP contribution is 2.18. The SMILES string of the molecule is CCNc1nnc(-c2ccc(F)cn2)n1CC. The lowest BCUT2D eigenvalue weighted by Crippen LogP contribution is -2.07. The number of aromatic nitrogens is 4. The molecule has 0 amide bonds. The molecule has 0 bridgehead atoms. The number of halogens is 1. The zero-order valence-corrected chi connectivity index (χ0v) is 9.81. The smallest absolute Gasteiger partial charge is 0.224 e. The molecule has 0 aliphatic heterocycles. The number of rotatable bonds is 4. The standard InChI is InChI=1S/C11H14FN5/c1-3-13-11-16-15-10(17(11)4-2)9-6-5-8(12)7-14-9/h5-7H,3-4H2,1-2H3,(H,13,16). The molecule has 0 spiro atoms. The molecule has 5 nitrogen and oxygen atoms in total. The maximum atomic E-state index is 12.8. The lowest BCUT2D eigenvalue weighted by molar-refractivity contribution is 0.621. The third-order valence-corrected chi connectivity index (χ3v) is 2.36. The Morgan fingerprint density at radius 3 is 2.71 bits per heavy atom. The van der Waals surface area contributed by atoms with Crippen molar-refractivity contribution < 1.29 is 4.39 Å². The van der Waals surface area contributed by atoms with Crippen molar-refractivity contribution in [1.29, 1.82) is 0 Å². The van der Waals surface area contributed by atoms with Crippen molar-refractivity contribution in [1.82, 2.24) is 19.7 Å². The number of pyridine rings is 1. The van der Waals surface area contributed by atoms with Crippen LogP contribution in [0, 0.1) is 5.82 Å². The summed E-state index contributed by atoms with van der Waals surface area (Å²) in [4.78, 5) is 4.00. The first-order valence-corrected chi connectivity index (χ1v) is 5.55. The first-order valence-electron chi connectivity index (χ1n) is 5.55. The summed E-state index contributed by atoms with van der Waals surface area (Å²) in [5, 5.41) is 11.2. The van der Waals surface area contributed by atoms with Gasteiger partial charge in [-0.05, 0) is 26.0 Å². The van der Waals surface area contributed by atoms with E-state index in [4.69, 9.17) is 0 Å². The number of nitrogens with zero attached hydrogens (tertiary/aromatic N) is 4. The van der Waals surface area contributed by atoms with Gasteiger partial charge in [-0.2, -0.15) is 0 Å². The van der Waals surface area contributed by atoms with Crippen molar-refractivity contribution in [2.45, 2.75) is 20.4 Å². The minimum Gasteiger partial charge on any atom is -0.355 e. The third-order valence-electron chi connectivity index (χ3n) is 2.36. The molecule has 2 aromatic heterocycles. The monoisotopic (exact) mass is 235 g/mol. The molecule has 0 radical (unpaired) electrons. The second kappa shape index (κ2) is 4.90. The van der Waals surface area contributed by atoms with E-state index in [9.17, 15) is 4.39 Å². The normalized spacial score (nSPS) is 10.5. The van der Waals surface area contributed by atoms with Crippen molar-refractivity contribution in [3.63, 3.8) is 0 Å². The number of anilines is 1. The molecule has 2 rings (SSSR count). The van der Waals surface area contributed by atoms with Crippen LogP contribution in [0.5, 0.6) is 0 Å². The average Bonchev–Trinajstić information content (AvgIpc) is 2.73. The molecule has 0 aliphatic rings. The van der Waals surface area contributed by atoms with Crippen molar-refractivity contribution in [3.8, 4) is 11.5 Å². The van der Waals surface area contributed by atoms with Crippen LogP contribution < -0.4 is 5.32 Å². The molecule has 2 heterocycles. The molecule has 1 N–H and O–H groups in total. The van der Waals surface area contributed by atoms with Crippen LogP contribution in [0.15, 0.2) is 18.3 Å². The molecule has 6 heteroatoms. The maximum Gasteiger partial charge on any atom is 0.224 e. The number of hydrogen-bond acceptors (Lipinski definition) is 4. The quantitative estimate of drug-likeness (QED) is 0.879. The lowest BCUT2D eigenvalue weighted by Gasteiger charge is -2.07. The van der Waals surface area contributed by atoms with Crippen LogP contribution in [0.3, 0.4) is 0 Å². The largest absolute Gasteiger partial charge is 0.355 e. The molecule has 0 saturated heterocycles. The molecule has 0 atom stereocenters. The van der Waals surface area contributed by atoms with Crippen LogP contribution >= 0.6 is 0 Å². The summed E-state index contributed by atoms with van der Waals surface area (Å²) in [6, 6.07) is 2.96. The first kappa shape index (κ1) is 11.5. The third kappa shape index (κ3) is 2.25. The van der Waals surface area contributed by atoms with Crippen LogP contribution in [0.2, 0.25) is 0 Å².